The lowest BCUT2D eigenvalue weighted by Crippen LogP contribution is -2.50. The van der Waals surface area contributed by atoms with Gasteiger partial charge in [-0.15, -0.1) is 0 Å². The molecule has 25 heavy (non-hydrogen) atoms. The number of carbonyl (C=O) groups is 1. The number of amides is 1. The van der Waals surface area contributed by atoms with E-state index in [0.717, 1.165) is 44.9 Å². The van der Waals surface area contributed by atoms with Crippen molar-refractivity contribution in [3.05, 3.63) is 0 Å². The van der Waals surface area contributed by atoms with Gasteiger partial charge in [0.05, 0.1) is 12.1 Å². The Hall–Kier alpha value is -0.650. The SMILES string of the molecule is CC(C)(O)CN(CC(=O)NCCCC1CCCCC1)C1CCOCC1. The number of nitrogens with zero attached hydrogens (tertiary/aromatic N) is 1. The summed E-state index contributed by atoms with van der Waals surface area (Å²) in [5.41, 5.74) is -0.792. The van der Waals surface area contributed by atoms with E-state index in [-0.39, 0.29) is 5.91 Å². The second kappa shape index (κ2) is 10.5. The fraction of sp³-hybridized carbons (Fsp3) is 0.950. The number of carbonyl (C=O) groups excluding carboxylic acids is 1. The summed E-state index contributed by atoms with van der Waals surface area (Å²) in [6.45, 7) is 6.78. The first kappa shape index (κ1) is 20.7. The van der Waals surface area contributed by atoms with E-state index in [1.807, 2.05) is 0 Å². The van der Waals surface area contributed by atoms with E-state index in [2.05, 4.69) is 10.2 Å². The zero-order valence-electron chi connectivity index (χ0n) is 16.3. The molecule has 1 aliphatic carbocycles. The van der Waals surface area contributed by atoms with Crippen LogP contribution in [0.2, 0.25) is 0 Å². The molecule has 1 saturated carbocycles. The van der Waals surface area contributed by atoms with Crippen molar-refractivity contribution in [1.29, 1.82) is 0 Å². The number of nitrogens with one attached hydrogen (secondary N) is 1. The molecule has 2 aliphatic rings. The maximum atomic E-state index is 12.4. The Morgan fingerprint density at radius 1 is 1.16 bits per heavy atom. The maximum Gasteiger partial charge on any atom is 0.234 e. The molecule has 0 spiro atoms. The lowest BCUT2D eigenvalue weighted by molar-refractivity contribution is -0.124. The third kappa shape index (κ3) is 8.52. The summed E-state index contributed by atoms with van der Waals surface area (Å²) in [7, 11) is 0. The first-order chi connectivity index (χ1) is 11.9. The molecule has 146 valence electrons. The Labute approximate surface area is 153 Å². The molecule has 0 atom stereocenters. The molecule has 5 nitrogen and oxygen atoms in total. The van der Waals surface area contributed by atoms with E-state index < -0.39 is 5.60 Å². The smallest absolute Gasteiger partial charge is 0.234 e. The first-order valence-corrected chi connectivity index (χ1v) is 10.2. The number of aliphatic hydroxyl groups is 1. The molecule has 5 heteroatoms. The van der Waals surface area contributed by atoms with Crippen molar-refractivity contribution in [3.8, 4) is 0 Å². The number of ether oxygens (including phenoxy) is 1. The fourth-order valence-corrected chi connectivity index (χ4v) is 4.20. The minimum atomic E-state index is -0.792. The predicted octanol–water partition coefficient (Wildman–Crippen LogP) is 2.71. The molecule has 0 aromatic heterocycles. The van der Waals surface area contributed by atoms with Crippen molar-refractivity contribution >= 4 is 5.91 Å². The Bertz CT molecular complexity index is 383. The summed E-state index contributed by atoms with van der Waals surface area (Å²) in [6.07, 6.45) is 11.1. The first-order valence-electron chi connectivity index (χ1n) is 10.2. The van der Waals surface area contributed by atoms with Gasteiger partial charge in [-0.2, -0.15) is 0 Å². The number of hydrogen-bond donors (Lipinski definition) is 2. The number of hydrogen-bond acceptors (Lipinski definition) is 4. The van der Waals surface area contributed by atoms with Crippen LogP contribution in [0.4, 0.5) is 0 Å². The summed E-state index contributed by atoms with van der Waals surface area (Å²) in [5, 5.41) is 13.3. The third-order valence-electron chi connectivity index (χ3n) is 5.48. The molecular weight excluding hydrogens is 316 g/mol. The van der Waals surface area contributed by atoms with E-state index in [0.29, 0.717) is 19.1 Å². The minimum Gasteiger partial charge on any atom is -0.389 e. The van der Waals surface area contributed by atoms with Gasteiger partial charge in [0.2, 0.25) is 5.91 Å². The van der Waals surface area contributed by atoms with E-state index in [1.165, 1.54) is 38.5 Å². The Balaban J connectivity index is 1.70. The van der Waals surface area contributed by atoms with Gasteiger partial charge in [-0.25, -0.2) is 0 Å². The van der Waals surface area contributed by atoms with Crippen LogP contribution in [-0.2, 0) is 9.53 Å². The predicted molar refractivity (Wildman–Crippen MR) is 101 cm³/mol. The van der Waals surface area contributed by atoms with Crippen LogP contribution in [0.15, 0.2) is 0 Å². The molecule has 2 rings (SSSR count). The molecule has 1 heterocycles. The van der Waals surface area contributed by atoms with Crippen molar-refractivity contribution in [2.75, 3.05) is 32.8 Å². The highest BCUT2D eigenvalue weighted by atomic mass is 16.5. The molecule has 0 aromatic rings. The van der Waals surface area contributed by atoms with Crippen LogP contribution >= 0.6 is 0 Å². The normalized spacial score (nSPS) is 20.8. The van der Waals surface area contributed by atoms with Crippen LogP contribution in [0.5, 0.6) is 0 Å². The molecule has 0 aromatic carbocycles. The Morgan fingerprint density at radius 2 is 1.84 bits per heavy atom. The lowest BCUT2D eigenvalue weighted by atomic mass is 9.86. The number of rotatable bonds is 9. The molecule has 0 unspecified atom stereocenters. The zero-order valence-corrected chi connectivity index (χ0v) is 16.3. The van der Waals surface area contributed by atoms with Crippen LogP contribution in [-0.4, -0.2) is 60.4 Å². The Morgan fingerprint density at radius 3 is 2.48 bits per heavy atom. The largest absolute Gasteiger partial charge is 0.389 e. The van der Waals surface area contributed by atoms with Crippen LogP contribution in [0.25, 0.3) is 0 Å². The molecule has 1 saturated heterocycles. The molecule has 1 amide bonds. The molecule has 0 radical (unpaired) electrons. The second-order valence-electron chi connectivity index (χ2n) is 8.56. The highest BCUT2D eigenvalue weighted by Crippen LogP contribution is 2.27. The van der Waals surface area contributed by atoms with Crippen molar-refractivity contribution in [2.24, 2.45) is 5.92 Å². The van der Waals surface area contributed by atoms with Crippen molar-refractivity contribution in [1.82, 2.24) is 10.2 Å². The highest BCUT2D eigenvalue weighted by Gasteiger charge is 2.28. The van der Waals surface area contributed by atoms with Gasteiger partial charge in [0.15, 0.2) is 0 Å². The average molecular weight is 355 g/mol. The van der Waals surface area contributed by atoms with Crippen molar-refractivity contribution in [3.63, 3.8) is 0 Å². The fourth-order valence-electron chi connectivity index (χ4n) is 4.20. The summed E-state index contributed by atoms with van der Waals surface area (Å²) < 4.78 is 5.43. The van der Waals surface area contributed by atoms with Crippen LogP contribution in [0.1, 0.15) is 71.6 Å². The maximum absolute atomic E-state index is 12.4. The van der Waals surface area contributed by atoms with Gasteiger partial charge in [0.1, 0.15) is 0 Å². The van der Waals surface area contributed by atoms with Gasteiger partial charge in [-0.1, -0.05) is 32.1 Å². The molecular formula is C20H38N2O3. The standard InChI is InChI=1S/C20H38N2O3/c1-20(2,24)16-22(18-10-13-25-14-11-18)15-19(23)21-12-6-9-17-7-4-3-5-8-17/h17-18,24H,3-16H2,1-2H3,(H,21,23). The average Bonchev–Trinajstić information content (AvgIpc) is 2.59. The zero-order chi connectivity index (χ0) is 18.1. The topological polar surface area (TPSA) is 61.8 Å². The molecule has 2 fully saturated rings. The van der Waals surface area contributed by atoms with E-state index >= 15 is 0 Å². The molecule has 0 bridgehead atoms. The highest BCUT2D eigenvalue weighted by molar-refractivity contribution is 5.78. The van der Waals surface area contributed by atoms with Crippen LogP contribution in [0, 0.1) is 5.92 Å². The monoisotopic (exact) mass is 354 g/mol. The molecule has 2 N–H and O–H groups in total. The van der Waals surface area contributed by atoms with E-state index in [1.54, 1.807) is 13.8 Å². The third-order valence-corrected chi connectivity index (χ3v) is 5.48. The Kier molecular flexibility index (Phi) is 8.67. The van der Waals surface area contributed by atoms with E-state index in [4.69, 9.17) is 4.74 Å². The van der Waals surface area contributed by atoms with Gasteiger partial charge in [0.25, 0.3) is 0 Å². The summed E-state index contributed by atoms with van der Waals surface area (Å²) in [5.74, 6) is 0.957. The quantitative estimate of drug-likeness (QED) is 0.625. The summed E-state index contributed by atoms with van der Waals surface area (Å²) >= 11 is 0. The van der Waals surface area contributed by atoms with Gasteiger partial charge in [0, 0.05) is 32.3 Å². The second-order valence-corrected chi connectivity index (χ2v) is 8.56. The van der Waals surface area contributed by atoms with Crippen LogP contribution in [0.3, 0.4) is 0 Å². The van der Waals surface area contributed by atoms with E-state index in [9.17, 15) is 9.90 Å². The summed E-state index contributed by atoms with van der Waals surface area (Å²) in [6, 6.07) is 0.327. The van der Waals surface area contributed by atoms with Gasteiger partial charge < -0.3 is 15.2 Å². The van der Waals surface area contributed by atoms with Gasteiger partial charge in [-0.3, -0.25) is 9.69 Å². The summed E-state index contributed by atoms with van der Waals surface area (Å²) in [4.78, 5) is 14.5. The lowest BCUT2D eigenvalue weighted by Gasteiger charge is -2.37. The van der Waals surface area contributed by atoms with Crippen LogP contribution < -0.4 is 5.32 Å². The van der Waals surface area contributed by atoms with Gasteiger partial charge in [-0.05, 0) is 45.4 Å². The molecule has 1 aliphatic heterocycles. The van der Waals surface area contributed by atoms with Gasteiger partial charge >= 0.3 is 0 Å². The van der Waals surface area contributed by atoms with Crippen molar-refractivity contribution < 1.29 is 14.6 Å². The van der Waals surface area contributed by atoms with Crippen molar-refractivity contribution in [2.45, 2.75) is 83.3 Å². The minimum absolute atomic E-state index is 0.0828.